The number of hydrogen-bond donors (Lipinski definition) is 0. The third kappa shape index (κ3) is 2.41. The topological polar surface area (TPSA) is 0 Å². The molecule has 86 valence electrons. The summed E-state index contributed by atoms with van der Waals surface area (Å²) in [5.74, 6) is 0. The average molecular weight is 207 g/mol. The van der Waals surface area contributed by atoms with Crippen LogP contribution in [0.5, 0.6) is 0 Å². The number of hydrogen-bond acceptors (Lipinski definition) is 0. The van der Waals surface area contributed by atoms with Gasteiger partial charge in [0.25, 0.3) is 0 Å². The van der Waals surface area contributed by atoms with Crippen molar-refractivity contribution in [2.45, 2.75) is 78.6 Å². The molecule has 0 amide bonds. The van der Waals surface area contributed by atoms with Crippen LogP contribution in [0.3, 0.4) is 0 Å². The van der Waals surface area contributed by atoms with Crippen LogP contribution < -0.4 is 0 Å². The molecule has 0 unspecified atom stereocenters. The lowest BCUT2D eigenvalue weighted by atomic mass is 9.86. The first-order valence-corrected chi connectivity index (χ1v) is 6.00. The van der Waals surface area contributed by atoms with Crippen molar-refractivity contribution in [3.05, 3.63) is 16.7 Å². The van der Waals surface area contributed by atoms with E-state index >= 15 is 0 Å². The number of rotatable bonds is 0. The van der Waals surface area contributed by atoms with Crippen molar-refractivity contribution in [1.29, 1.82) is 0 Å². The normalized spacial score (nSPS) is 15.0. The summed E-state index contributed by atoms with van der Waals surface area (Å²) in [6, 6.07) is 0. The van der Waals surface area contributed by atoms with E-state index in [2.05, 4.69) is 62.3 Å². The summed E-state index contributed by atoms with van der Waals surface area (Å²) in [5.41, 5.74) is 5.81. The van der Waals surface area contributed by atoms with Crippen LogP contribution in [0, 0.1) is 0 Å². The first kappa shape index (κ1) is 12.7. The molecule has 0 N–H and O–H groups in total. The molecule has 0 aliphatic carbocycles. The molecule has 0 fully saturated rings. The fraction of sp³-hybridized carbons (Fsp3) is 0.800. The van der Waals surface area contributed by atoms with Crippen LogP contribution in [0.2, 0.25) is 0 Å². The van der Waals surface area contributed by atoms with Gasteiger partial charge < -0.3 is 0 Å². The first-order valence-electron chi connectivity index (χ1n) is 6.00. The van der Waals surface area contributed by atoms with Crippen LogP contribution in [0.4, 0.5) is 0 Å². The Morgan fingerprint density at radius 2 is 0.867 bits per heavy atom. The van der Waals surface area contributed by atoms with Gasteiger partial charge in [-0.3, -0.25) is 0 Å². The van der Waals surface area contributed by atoms with E-state index in [0.29, 0.717) is 16.2 Å². The maximum absolute atomic E-state index is 2.33. The van der Waals surface area contributed by atoms with E-state index in [1.165, 1.54) is 0 Å². The molecular formula is C15H27+. The second-order valence-corrected chi connectivity index (χ2v) is 7.88. The highest BCUT2D eigenvalue weighted by Gasteiger charge is 2.56. The Morgan fingerprint density at radius 1 is 0.600 bits per heavy atom. The minimum atomic E-state index is 0.311. The molecule has 0 spiro atoms. The molecular weight excluding hydrogens is 180 g/mol. The standard InChI is InChI=1S/C15H27/c1-13(2,3)10-11(14(4,5)6)12(10)15(7,8)9/h1-9H3/q+1. The Balaban J connectivity index is 3.20. The van der Waals surface area contributed by atoms with Crippen molar-refractivity contribution in [3.63, 3.8) is 0 Å². The molecule has 1 aromatic carbocycles. The summed E-state index contributed by atoms with van der Waals surface area (Å²) in [6.07, 6.45) is 0. The Kier molecular flexibility index (Phi) is 2.58. The highest BCUT2D eigenvalue weighted by Crippen LogP contribution is 2.52. The molecule has 0 atom stereocenters. The lowest BCUT2D eigenvalue weighted by Gasteiger charge is -2.09. The van der Waals surface area contributed by atoms with Crippen LogP contribution in [-0.4, -0.2) is 0 Å². The zero-order valence-electron chi connectivity index (χ0n) is 12.0. The van der Waals surface area contributed by atoms with Crippen molar-refractivity contribution in [2.75, 3.05) is 0 Å². The Labute approximate surface area is 95.8 Å². The van der Waals surface area contributed by atoms with Gasteiger partial charge in [-0.05, 0) is 62.3 Å². The van der Waals surface area contributed by atoms with Gasteiger partial charge in [-0.1, -0.05) is 0 Å². The lowest BCUT2D eigenvalue weighted by molar-refractivity contribution is 0.563. The molecule has 0 aromatic heterocycles. The predicted molar refractivity (Wildman–Crippen MR) is 69.3 cm³/mol. The van der Waals surface area contributed by atoms with E-state index in [-0.39, 0.29) is 0 Å². The minimum Gasteiger partial charge on any atom is -0.0418 e. The van der Waals surface area contributed by atoms with Crippen molar-refractivity contribution >= 4 is 0 Å². The second kappa shape index (κ2) is 3.06. The fourth-order valence-corrected chi connectivity index (χ4v) is 2.44. The van der Waals surface area contributed by atoms with Crippen molar-refractivity contribution in [2.24, 2.45) is 0 Å². The Hall–Kier alpha value is -0.390. The first-order chi connectivity index (χ1) is 6.37. The van der Waals surface area contributed by atoms with Gasteiger partial charge in [0.15, 0.2) is 16.7 Å². The van der Waals surface area contributed by atoms with E-state index in [1.807, 2.05) is 0 Å². The monoisotopic (exact) mass is 207 g/mol. The Bertz CT molecular complexity index is 253. The van der Waals surface area contributed by atoms with E-state index < -0.39 is 0 Å². The zero-order chi connectivity index (χ0) is 12.2. The van der Waals surface area contributed by atoms with E-state index in [1.54, 1.807) is 16.7 Å². The summed E-state index contributed by atoms with van der Waals surface area (Å²) in [5, 5.41) is 0. The molecule has 0 aliphatic rings. The van der Waals surface area contributed by atoms with Gasteiger partial charge in [-0.25, -0.2) is 0 Å². The molecule has 0 aliphatic heterocycles. The van der Waals surface area contributed by atoms with Gasteiger partial charge in [-0.15, -0.1) is 0 Å². The van der Waals surface area contributed by atoms with Gasteiger partial charge >= 0.3 is 0 Å². The van der Waals surface area contributed by atoms with E-state index in [0.717, 1.165) is 0 Å². The fourth-order valence-electron chi connectivity index (χ4n) is 2.44. The van der Waals surface area contributed by atoms with Gasteiger partial charge in [0.2, 0.25) is 0 Å². The second-order valence-electron chi connectivity index (χ2n) is 7.88. The van der Waals surface area contributed by atoms with Crippen molar-refractivity contribution in [3.8, 4) is 0 Å². The smallest absolute Gasteiger partial charge is 0.0418 e. The highest BCUT2D eigenvalue weighted by molar-refractivity contribution is 5.63. The molecule has 1 rings (SSSR count). The van der Waals surface area contributed by atoms with Crippen LogP contribution in [0.15, 0.2) is 0 Å². The molecule has 0 saturated carbocycles. The van der Waals surface area contributed by atoms with Crippen LogP contribution >= 0.6 is 0 Å². The van der Waals surface area contributed by atoms with E-state index in [9.17, 15) is 0 Å². The molecule has 0 saturated heterocycles. The molecule has 1 aromatic rings. The molecule has 0 heterocycles. The summed E-state index contributed by atoms with van der Waals surface area (Å²) >= 11 is 0. The van der Waals surface area contributed by atoms with Crippen LogP contribution in [0.1, 0.15) is 79.0 Å². The summed E-state index contributed by atoms with van der Waals surface area (Å²) in [4.78, 5) is 0. The van der Waals surface area contributed by atoms with Gasteiger partial charge in [0.1, 0.15) is 0 Å². The van der Waals surface area contributed by atoms with Gasteiger partial charge in [0.05, 0.1) is 16.2 Å². The maximum atomic E-state index is 2.33. The van der Waals surface area contributed by atoms with Crippen LogP contribution in [-0.2, 0) is 16.2 Å². The molecule has 0 bridgehead atoms. The quantitative estimate of drug-likeness (QED) is 0.539. The molecule has 0 heteroatoms. The molecule has 0 nitrogen and oxygen atoms in total. The highest BCUT2D eigenvalue weighted by atomic mass is 14.5. The Morgan fingerprint density at radius 3 is 0.933 bits per heavy atom. The molecule has 0 radical (unpaired) electrons. The van der Waals surface area contributed by atoms with Gasteiger partial charge in [0, 0.05) is 0 Å². The third-order valence-electron chi connectivity index (χ3n) is 2.94. The minimum absolute atomic E-state index is 0.311. The van der Waals surface area contributed by atoms with Gasteiger partial charge in [-0.2, -0.15) is 0 Å². The zero-order valence-corrected chi connectivity index (χ0v) is 12.0. The SMILES string of the molecule is CC(C)(C)c1c(C(C)(C)C)[c+]1C(C)(C)C. The van der Waals surface area contributed by atoms with Crippen molar-refractivity contribution < 1.29 is 0 Å². The van der Waals surface area contributed by atoms with E-state index in [4.69, 9.17) is 0 Å². The molecule has 15 heavy (non-hydrogen) atoms. The lowest BCUT2D eigenvalue weighted by Crippen LogP contribution is -2.12. The predicted octanol–water partition coefficient (Wildman–Crippen LogP) is 4.74. The van der Waals surface area contributed by atoms with Crippen molar-refractivity contribution in [1.82, 2.24) is 0 Å². The van der Waals surface area contributed by atoms with Crippen LogP contribution in [0.25, 0.3) is 0 Å². The summed E-state index contributed by atoms with van der Waals surface area (Å²) in [6.45, 7) is 20.9. The summed E-state index contributed by atoms with van der Waals surface area (Å²) in [7, 11) is 0. The summed E-state index contributed by atoms with van der Waals surface area (Å²) < 4.78 is 0. The average Bonchev–Trinajstić information content (AvgIpc) is 2.51. The third-order valence-corrected chi connectivity index (χ3v) is 2.94. The maximum Gasteiger partial charge on any atom is 0.173 e. The largest absolute Gasteiger partial charge is 0.173 e.